The van der Waals surface area contributed by atoms with Gasteiger partial charge in [0, 0.05) is 20.9 Å². The minimum absolute atomic E-state index is 1.27. The first-order valence-corrected chi connectivity index (χ1v) is 10.5. The molecule has 1 heterocycles. The van der Waals surface area contributed by atoms with Crippen LogP contribution in [-0.4, -0.2) is 0 Å². The first-order valence-electron chi connectivity index (χ1n) is 9.71. The maximum Gasteiger partial charge on any atom is 0.0430 e. The van der Waals surface area contributed by atoms with E-state index in [1.165, 1.54) is 70.6 Å². The minimum atomic E-state index is 1.27. The van der Waals surface area contributed by atoms with E-state index in [0.29, 0.717) is 0 Å². The molecule has 0 atom stereocenters. The maximum absolute atomic E-state index is 2.37. The molecule has 0 spiro atoms. The first-order chi connectivity index (χ1) is 13.8. The van der Waals surface area contributed by atoms with Crippen molar-refractivity contribution in [2.45, 2.75) is 6.92 Å². The molecule has 0 bridgehead atoms. The van der Waals surface area contributed by atoms with E-state index in [1.807, 2.05) is 11.3 Å². The number of thiophene rings is 1. The normalized spacial score (nSPS) is 12.5. The topological polar surface area (TPSA) is 0 Å². The molecular formula is C27H16S. The summed E-state index contributed by atoms with van der Waals surface area (Å²) in [6, 6.07) is 29.3. The van der Waals surface area contributed by atoms with Crippen LogP contribution in [0.15, 0.2) is 78.9 Å². The Morgan fingerprint density at radius 1 is 0.500 bits per heavy atom. The molecule has 2 aliphatic rings. The summed E-state index contributed by atoms with van der Waals surface area (Å²) in [7, 11) is 0. The van der Waals surface area contributed by atoms with E-state index in [0.717, 1.165) is 0 Å². The maximum atomic E-state index is 2.37. The monoisotopic (exact) mass is 372 g/mol. The third kappa shape index (κ3) is 1.71. The molecule has 0 saturated heterocycles. The molecule has 4 aromatic carbocycles. The van der Waals surface area contributed by atoms with Crippen molar-refractivity contribution in [2.75, 3.05) is 0 Å². The van der Waals surface area contributed by atoms with Gasteiger partial charge in [-0.25, -0.2) is 0 Å². The van der Waals surface area contributed by atoms with Crippen molar-refractivity contribution in [3.05, 3.63) is 83.7 Å². The standard InChI is InChI=1S/C27H16S/c1-15-13-24-21-10-9-20-23-14-17(16-5-3-2-4-6-16)7-8-18(23)19-11-12-22(27(24)28-15)26(21)25(19)20/h2-14H,1H3. The van der Waals surface area contributed by atoms with E-state index in [2.05, 4.69) is 85.8 Å². The van der Waals surface area contributed by atoms with Crippen LogP contribution in [0.3, 0.4) is 0 Å². The molecule has 1 heteroatoms. The second kappa shape index (κ2) is 5.01. The Labute approximate surface area is 167 Å². The summed E-state index contributed by atoms with van der Waals surface area (Å²) in [6.45, 7) is 2.21. The molecule has 28 heavy (non-hydrogen) atoms. The van der Waals surface area contributed by atoms with E-state index < -0.39 is 0 Å². The van der Waals surface area contributed by atoms with Crippen LogP contribution in [0.1, 0.15) is 4.88 Å². The van der Waals surface area contributed by atoms with Crippen molar-refractivity contribution in [3.8, 4) is 54.9 Å². The highest BCUT2D eigenvalue weighted by atomic mass is 32.1. The van der Waals surface area contributed by atoms with Crippen molar-refractivity contribution >= 4 is 22.1 Å². The molecule has 0 radical (unpaired) electrons. The predicted molar refractivity (Wildman–Crippen MR) is 121 cm³/mol. The van der Waals surface area contributed by atoms with Gasteiger partial charge in [0.15, 0.2) is 0 Å². The molecular weight excluding hydrogens is 356 g/mol. The SMILES string of the molecule is Cc1cc2c(s1)-c1ccc3c4c(ccc-2c14)-c1cc(-c2ccccc2)ccc1-3. The summed E-state index contributed by atoms with van der Waals surface area (Å²) in [5.74, 6) is 0. The molecule has 5 aromatic rings. The van der Waals surface area contributed by atoms with Crippen molar-refractivity contribution in [3.63, 3.8) is 0 Å². The van der Waals surface area contributed by atoms with Crippen molar-refractivity contribution in [2.24, 2.45) is 0 Å². The number of rotatable bonds is 1. The second-order valence-corrected chi connectivity index (χ2v) is 9.05. The van der Waals surface area contributed by atoms with Gasteiger partial charge in [0.2, 0.25) is 0 Å². The zero-order valence-corrected chi connectivity index (χ0v) is 16.2. The molecule has 0 saturated carbocycles. The van der Waals surface area contributed by atoms with Gasteiger partial charge in [-0.1, -0.05) is 66.7 Å². The Bertz CT molecular complexity index is 1420. The minimum Gasteiger partial charge on any atom is -0.140 e. The number of aryl methyl sites for hydroxylation is 1. The van der Waals surface area contributed by atoms with Gasteiger partial charge >= 0.3 is 0 Å². The number of benzene rings is 4. The third-order valence-corrected chi connectivity index (χ3v) is 7.34. The van der Waals surface area contributed by atoms with Crippen molar-refractivity contribution in [1.29, 1.82) is 0 Å². The van der Waals surface area contributed by atoms with Crippen LogP contribution in [0.25, 0.3) is 65.7 Å². The third-order valence-electron chi connectivity index (χ3n) is 6.26. The largest absolute Gasteiger partial charge is 0.140 e. The Hall–Kier alpha value is -3.16. The Balaban J connectivity index is 1.54. The lowest BCUT2D eigenvalue weighted by Gasteiger charge is -2.07. The molecule has 0 aliphatic heterocycles. The van der Waals surface area contributed by atoms with Crippen LogP contribution in [0, 0.1) is 6.92 Å². The van der Waals surface area contributed by atoms with Crippen LogP contribution in [0.5, 0.6) is 0 Å². The van der Waals surface area contributed by atoms with Gasteiger partial charge in [0.1, 0.15) is 0 Å². The summed E-state index contributed by atoms with van der Waals surface area (Å²) < 4.78 is 0. The summed E-state index contributed by atoms with van der Waals surface area (Å²) in [5, 5.41) is 2.89. The zero-order chi connectivity index (χ0) is 18.4. The van der Waals surface area contributed by atoms with Gasteiger partial charge < -0.3 is 0 Å². The number of fused-ring (bicyclic) bond motifs is 6. The van der Waals surface area contributed by atoms with Gasteiger partial charge in [0.05, 0.1) is 0 Å². The summed E-state index contributed by atoms with van der Waals surface area (Å²) in [4.78, 5) is 2.83. The zero-order valence-electron chi connectivity index (χ0n) is 15.4. The summed E-state index contributed by atoms with van der Waals surface area (Å²) in [5.41, 5.74) is 12.3. The Kier molecular flexibility index (Phi) is 2.65. The van der Waals surface area contributed by atoms with Crippen LogP contribution in [0.4, 0.5) is 0 Å². The Morgan fingerprint density at radius 2 is 1.14 bits per heavy atom. The van der Waals surface area contributed by atoms with Crippen molar-refractivity contribution in [1.82, 2.24) is 0 Å². The summed E-state index contributed by atoms with van der Waals surface area (Å²) in [6.07, 6.45) is 0. The molecule has 0 unspecified atom stereocenters. The van der Waals surface area contributed by atoms with E-state index >= 15 is 0 Å². The van der Waals surface area contributed by atoms with Gasteiger partial charge in [-0.2, -0.15) is 0 Å². The van der Waals surface area contributed by atoms with Crippen molar-refractivity contribution < 1.29 is 0 Å². The van der Waals surface area contributed by atoms with Crippen LogP contribution >= 0.6 is 11.3 Å². The molecule has 0 N–H and O–H groups in total. The fraction of sp³-hybridized carbons (Fsp3) is 0.0370. The van der Waals surface area contributed by atoms with E-state index in [4.69, 9.17) is 0 Å². The van der Waals surface area contributed by atoms with Gasteiger partial charge in [-0.3, -0.25) is 0 Å². The van der Waals surface area contributed by atoms with Gasteiger partial charge in [-0.15, -0.1) is 11.3 Å². The lowest BCUT2D eigenvalue weighted by molar-refractivity contribution is 1.62. The fourth-order valence-corrected chi connectivity index (χ4v) is 6.14. The second-order valence-electron chi connectivity index (χ2n) is 7.80. The highest BCUT2D eigenvalue weighted by molar-refractivity contribution is 7.16. The van der Waals surface area contributed by atoms with Gasteiger partial charge in [-0.05, 0) is 68.8 Å². The van der Waals surface area contributed by atoms with Gasteiger partial charge in [0.25, 0.3) is 0 Å². The fourth-order valence-electron chi connectivity index (χ4n) is 5.08. The highest BCUT2D eigenvalue weighted by Gasteiger charge is 2.30. The smallest absolute Gasteiger partial charge is 0.0430 e. The average molecular weight is 372 g/mol. The Morgan fingerprint density at radius 3 is 1.96 bits per heavy atom. The van der Waals surface area contributed by atoms with Crippen LogP contribution in [-0.2, 0) is 0 Å². The lowest BCUT2D eigenvalue weighted by Crippen LogP contribution is -1.81. The average Bonchev–Trinajstić information content (AvgIpc) is 3.36. The quantitative estimate of drug-likeness (QED) is 0.272. The molecule has 130 valence electrons. The lowest BCUT2D eigenvalue weighted by atomic mass is 9.97. The highest BCUT2D eigenvalue weighted by Crippen LogP contribution is 2.57. The number of hydrogen-bond donors (Lipinski definition) is 0. The summed E-state index contributed by atoms with van der Waals surface area (Å²) >= 11 is 1.92. The molecule has 0 amide bonds. The first kappa shape index (κ1) is 14.8. The van der Waals surface area contributed by atoms with E-state index in [1.54, 1.807) is 0 Å². The number of hydrogen-bond acceptors (Lipinski definition) is 1. The van der Waals surface area contributed by atoms with E-state index in [9.17, 15) is 0 Å². The molecule has 1 aromatic heterocycles. The molecule has 0 nitrogen and oxygen atoms in total. The molecule has 2 aliphatic carbocycles. The predicted octanol–water partition coefficient (Wildman–Crippen LogP) is 8.17. The molecule has 0 fully saturated rings. The van der Waals surface area contributed by atoms with Crippen LogP contribution in [0.2, 0.25) is 0 Å². The molecule has 7 rings (SSSR count). The van der Waals surface area contributed by atoms with Crippen LogP contribution < -0.4 is 0 Å². The van der Waals surface area contributed by atoms with E-state index in [-0.39, 0.29) is 0 Å².